The fourth-order valence-corrected chi connectivity index (χ4v) is 5.06. The number of carbonyl (C=O) groups excluding carboxylic acids is 1. The molecular formula is C21H20BrN3O3S. The molecule has 2 heterocycles. The number of aromatic nitrogens is 1. The molecule has 8 heteroatoms. The Kier molecular flexibility index (Phi) is 5.58. The van der Waals surface area contributed by atoms with Crippen LogP contribution < -0.4 is 0 Å². The summed E-state index contributed by atoms with van der Waals surface area (Å²) in [4.78, 5) is 14.9. The van der Waals surface area contributed by atoms with E-state index in [9.17, 15) is 13.2 Å². The van der Waals surface area contributed by atoms with Gasteiger partial charge in [-0.3, -0.25) is 4.79 Å². The Labute approximate surface area is 178 Å². The lowest BCUT2D eigenvalue weighted by atomic mass is 10.1. The van der Waals surface area contributed by atoms with E-state index in [4.69, 9.17) is 0 Å². The fraction of sp³-hybridized carbons (Fsp3) is 0.190. The molecule has 0 radical (unpaired) electrons. The molecule has 0 saturated carbocycles. The first kappa shape index (κ1) is 19.9. The van der Waals surface area contributed by atoms with E-state index in [-0.39, 0.29) is 23.9 Å². The summed E-state index contributed by atoms with van der Waals surface area (Å²) in [6.07, 6.45) is 3.85. The number of rotatable bonds is 4. The van der Waals surface area contributed by atoms with Gasteiger partial charge in [0.25, 0.3) is 5.91 Å². The molecule has 6 nitrogen and oxygen atoms in total. The predicted octanol–water partition coefficient (Wildman–Crippen LogP) is 3.39. The third-order valence-corrected chi connectivity index (χ3v) is 7.41. The summed E-state index contributed by atoms with van der Waals surface area (Å²) in [6.45, 7) is 1.29. The molecule has 4 rings (SSSR count). The molecule has 0 atom stereocenters. The Bertz CT molecular complexity index is 1100. The monoisotopic (exact) mass is 473 g/mol. The molecule has 1 aromatic heterocycles. The van der Waals surface area contributed by atoms with E-state index in [1.54, 1.807) is 35.2 Å². The normalized spacial score (nSPS) is 15.4. The molecule has 3 aromatic rings. The number of nitrogens with zero attached hydrogens (tertiary/aromatic N) is 3. The standard InChI is InChI=1S/C21H20BrN3O3S/c22-18-6-8-20(9-7-18)29(27,28)25-14-12-24(13-15-25)21(26)17-4-3-5-19(16-17)23-10-1-2-11-23/h1-11,16H,12-15H2. The van der Waals surface area contributed by atoms with E-state index >= 15 is 0 Å². The molecule has 0 bridgehead atoms. The largest absolute Gasteiger partial charge is 0.336 e. The van der Waals surface area contributed by atoms with Gasteiger partial charge in [-0.2, -0.15) is 4.31 Å². The minimum absolute atomic E-state index is 0.0836. The second-order valence-corrected chi connectivity index (χ2v) is 9.64. The molecule has 0 aliphatic carbocycles. The molecule has 0 unspecified atom stereocenters. The summed E-state index contributed by atoms with van der Waals surface area (Å²) < 4.78 is 29.9. The number of carbonyl (C=O) groups is 1. The smallest absolute Gasteiger partial charge is 0.254 e. The Morgan fingerprint density at radius 1 is 0.862 bits per heavy atom. The van der Waals surface area contributed by atoms with Crippen LogP contribution in [-0.2, 0) is 10.0 Å². The molecule has 0 spiro atoms. The van der Waals surface area contributed by atoms with Gasteiger partial charge in [-0.15, -0.1) is 0 Å². The summed E-state index contributed by atoms with van der Waals surface area (Å²) in [7, 11) is -3.56. The number of halogens is 1. The van der Waals surface area contributed by atoms with Crippen LogP contribution in [0.3, 0.4) is 0 Å². The number of amides is 1. The van der Waals surface area contributed by atoms with Crippen LogP contribution in [0.15, 0.2) is 82.4 Å². The third kappa shape index (κ3) is 4.14. The van der Waals surface area contributed by atoms with Gasteiger partial charge in [-0.25, -0.2) is 8.42 Å². The van der Waals surface area contributed by atoms with Crippen LogP contribution in [0.2, 0.25) is 0 Å². The molecule has 150 valence electrons. The molecule has 1 aliphatic rings. The minimum Gasteiger partial charge on any atom is -0.336 e. The maximum Gasteiger partial charge on any atom is 0.254 e. The first-order valence-corrected chi connectivity index (χ1v) is 11.5. The van der Waals surface area contributed by atoms with Gasteiger partial charge in [0.1, 0.15) is 0 Å². The topological polar surface area (TPSA) is 62.6 Å². The van der Waals surface area contributed by atoms with E-state index in [0.717, 1.165) is 10.2 Å². The average Bonchev–Trinajstić information content (AvgIpc) is 3.29. The van der Waals surface area contributed by atoms with Crippen molar-refractivity contribution >= 4 is 31.9 Å². The van der Waals surface area contributed by atoms with Crippen LogP contribution in [0.25, 0.3) is 5.69 Å². The Morgan fingerprint density at radius 2 is 1.52 bits per heavy atom. The minimum atomic E-state index is -3.56. The molecule has 0 N–H and O–H groups in total. The van der Waals surface area contributed by atoms with Crippen molar-refractivity contribution < 1.29 is 13.2 Å². The van der Waals surface area contributed by atoms with Crippen LogP contribution in [-0.4, -0.2) is 54.3 Å². The summed E-state index contributed by atoms with van der Waals surface area (Å²) in [5.74, 6) is -0.0836. The lowest BCUT2D eigenvalue weighted by Crippen LogP contribution is -2.50. The quantitative estimate of drug-likeness (QED) is 0.583. The van der Waals surface area contributed by atoms with Gasteiger partial charge in [0.15, 0.2) is 0 Å². The summed E-state index contributed by atoms with van der Waals surface area (Å²) in [5, 5.41) is 0. The van der Waals surface area contributed by atoms with E-state index in [1.165, 1.54) is 4.31 Å². The van der Waals surface area contributed by atoms with Crippen molar-refractivity contribution in [1.82, 2.24) is 13.8 Å². The highest BCUT2D eigenvalue weighted by atomic mass is 79.9. The zero-order valence-electron chi connectivity index (χ0n) is 15.6. The van der Waals surface area contributed by atoms with E-state index < -0.39 is 10.0 Å². The zero-order valence-corrected chi connectivity index (χ0v) is 18.0. The first-order valence-electron chi connectivity index (χ1n) is 9.23. The lowest BCUT2D eigenvalue weighted by molar-refractivity contribution is 0.0698. The molecule has 1 aliphatic heterocycles. The maximum absolute atomic E-state index is 12.9. The molecule has 1 fully saturated rings. The number of benzene rings is 2. The fourth-order valence-electron chi connectivity index (χ4n) is 3.38. The van der Waals surface area contributed by atoms with Crippen molar-refractivity contribution in [3.05, 3.63) is 83.1 Å². The molecule has 1 amide bonds. The van der Waals surface area contributed by atoms with Crippen LogP contribution in [0.1, 0.15) is 10.4 Å². The van der Waals surface area contributed by atoms with Gasteiger partial charge in [0.05, 0.1) is 4.90 Å². The van der Waals surface area contributed by atoms with Gasteiger partial charge < -0.3 is 9.47 Å². The van der Waals surface area contributed by atoms with Crippen molar-refractivity contribution in [2.75, 3.05) is 26.2 Å². The molecule has 1 saturated heterocycles. The number of hydrogen-bond donors (Lipinski definition) is 0. The Hall–Kier alpha value is -2.42. The van der Waals surface area contributed by atoms with E-state index in [0.29, 0.717) is 18.7 Å². The SMILES string of the molecule is O=C(c1cccc(-n2cccc2)c1)N1CCN(S(=O)(=O)c2ccc(Br)cc2)CC1. The highest BCUT2D eigenvalue weighted by Crippen LogP contribution is 2.21. The second-order valence-electron chi connectivity index (χ2n) is 6.79. The zero-order chi connectivity index (χ0) is 20.4. The van der Waals surface area contributed by atoms with Crippen molar-refractivity contribution in [1.29, 1.82) is 0 Å². The predicted molar refractivity (Wildman–Crippen MR) is 115 cm³/mol. The van der Waals surface area contributed by atoms with Gasteiger partial charge in [-0.1, -0.05) is 22.0 Å². The van der Waals surface area contributed by atoms with Crippen LogP contribution in [0.4, 0.5) is 0 Å². The number of hydrogen-bond acceptors (Lipinski definition) is 3. The highest BCUT2D eigenvalue weighted by Gasteiger charge is 2.30. The van der Waals surface area contributed by atoms with Gasteiger partial charge in [0.2, 0.25) is 10.0 Å². The van der Waals surface area contributed by atoms with Gasteiger partial charge in [0, 0.05) is 54.3 Å². The maximum atomic E-state index is 12.9. The second kappa shape index (κ2) is 8.14. The van der Waals surface area contributed by atoms with Crippen LogP contribution in [0, 0.1) is 0 Å². The third-order valence-electron chi connectivity index (χ3n) is 4.97. The molecular weight excluding hydrogens is 454 g/mol. The van der Waals surface area contributed by atoms with E-state index in [2.05, 4.69) is 15.9 Å². The highest BCUT2D eigenvalue weighted by molar-refractivity contribution is 9.10. The van der Waals surface area contributed by atoms with Crippen molar-refractivity contribution in [3.8, 4) is 5.69 Å². The Balaban J connectivity index is 1.45. The number of sulfonamides is 1. The van der Waals surface area contributed by atoms with Crippen molar-refractivity contribution in [3.63, 3.8) is 0 Å². The summed E-state index contributed by atoms with van der Waals surface area (Å²) in [6, 6.07) is 17.9. The summed E-state index contributed by atoms with van der Waals surface area (Å²) in [5.41, 5.74) is 1.51. The van der Waals surface area contributed by atoms with Gasteiger partial charge in [-0.05, 0) is 54.6 Å². The van der Waals surface area contributed by atoms with Crippen LogP contribution in [0.5, 0.6) is 0 Å². The van der Waals surface area contributed by atoms with Crippen LogP contribution >= 0.6 is 15.9 Å². The molecule has 2 aromatic carbocycles. The van der Waals surface area contributed by atoms with Crippen molar-refractivity contribution in [2.24, 2.45) is 0 Å². The number of piperazine rings is 1. The lowest BCUT2D eigenvalue weighted by Gasteiger charge is -2.34. The summed E-state index contributed by atoms with van der Waals surface area (Å²) >= 11 is 3.32. The average molecular weight is 474 g/mol. The first-order chi connectivity index (χ1) is 13.9. The van der Waals surface area contributed by atoms with Crippen molar-refractivity contribution in [2.45, 2.75) is 4.90 Å². The van der Waals surface area contributed by atoms with E-state index in [1.807, 2.05) is 47.3 Å². The molecule has 29 heavy (non-hydrogen) atoms. The van der Waals surface area contributed by atoms with Gasteiger partial charge >= 0.3 is 0 Å². The Morgan fingerprint density at radius 3 is 2.17 bits per heavy atom.